The summed E-state index contributed by atoms with van der Waals surface area (Å²) in [5, 5.41) is 0. The Morgan fingerprint density at radius 3 is 2.50 bits per heavy atom. The van der Waals surface area contributed by atoms with Gasteiger partial charge in [-0.3, -0.25) is 4.79 Å². The van der Waals surface area contributed by atoms with E-state index < -0.39 is 5.41 Å². The zero-order valence-corrected chi connectivity index (χ0v) is 13.4. The van der Waals surface area contributed by atoms with Crippen molar-refractivity contribution in [2.75, 3.05) is 13.2 Å². The SMILES string of the molecule is CC(C)(C(=O)OC1CCCCC1)c1ccc2c(c1)OCCO2. The van der Waals surface area contributed by atoms with Crippen LogP contribution in [0.5, 0.6) is 11.5 Å². The van der Waals surface area contributed by atoms with Gasteiger partial charge >= 0.3 is 5.97 Å². The van der Waals surface area contributed by atoms with Gasteiger partial charge in [0.1, 0.15) is 19.3 Å². The van der Waals surface area contributed by atoms with Gasteiger partial charge in [-0.05, 0) is 57.2 Å². The van der Waals surface area contributed by atoms with E-state index in [1.165, 1.54) is 6.42 Å². The zero-order valence-electron chi connectivity index (χ0n) is 13.4. The van der Waals surface area contributed by atoms with E-state index in [1.54, 1.807) is 0 Å². The molecule has 1 fully saturated rings. The van der Waals surface area contributed by atoms with Crippen LogP contribution in [0.15, 0.2) is 18.2 Å². The van der Waals surface area contributed by atoms with E-state index in [9.17, 15) is 4.79 Å². The third-order valence-corrected chi connectivity index (χ3v) is 4.60. The molecule has 0 bridgehead atoms. The molecule has 0 radical (unpaired) electrons. The number of fused-ring (bicyclic) bond motifs is 1. The Morgan fingerprint density at radius 1 is 1.09 bits per heavy atom. The van der Waals surface area contributed by atoms with Crippen LogP contribution in [0.1, 0.15) is 51.5 Å². The number of rotatable bonds is 3. The topological polar surface area (TPSA) is 44.8 Å². The number of hydrogen-bond acceptors (Lipinski definition) is 4. The first-order valence-electron chi connectivity index (χ1n) is 8.18. The second-order valence-corrected chi connectivity index (χ2v) is 6.65. The highest BCUT2D eigenvalue weighted by Gasteiger charge is 2.34. The van der Waals surface area contributed by atoms with E-state index in [-0.39, 0.29) is 12.1 Å². The molecule has 1 aliphatic carbocycles. The Kier molecular flexibility index (Phi) is 4.27. The van der Waals surface area contributed by atoms with Crippen LogP contribution in [-0.4, -0.2) is 25.3 Å². The molecule has 0 aromatic heterocycles. The molecule has 1 aliphatic heterocycles. The highest BCUT2D eigenvalue weighted by Crippen LogP contribution is 2.36. The lowest BCUT2D eigenvalue weighted by Crippen LogP contribution is -2.35. The van der Waals surface area contributed by atoms with E-state index >= 15 is 0 Å². The summed E-state index contributed by atoms with van der Waals surface area (Å²) < 4.78 is 16.9. The monoisotopic (exact) mass is 304 g/mol. The quantitative estimate of drug-likeness (QED) is 0.800. The van der Waals surface area contributed by atoms with Crippen molar-refractivity contribution in [2.45, 2.75) is 57.5 Å². The lowest BCUT2D eigenvalue weighted by Gasteiger charge is -2.29. The number of ether oxygens (including phenoxy) is 3. The maximum absolute atomic E-state index is 12.6. The third-order valence-electron chi connectivity index (χ3n) is 4.60. The highest BCUT2D eigenvalue weighted by molar-refractivity contribution is 5.82. The van der Waals surface area contributed by atoms with Crippen molar-refractivity contribution in [1.82, 2.24) is 0 Å². The minimum atomic E-state index is -0.687. The summed E-state index contributed by atoms with van der Waals surface area (Å²) in [6.45, 7) is 4.93. The maximum atomic E-state index is 12.6. The molecule has 120 valence electrons. The van der Waals surface area contributed by atoms with Crippen LogP contribution in [0.4, 0.5) is 0 Å². The molecule has 0 N–H and O–H groups in total. The highest BCUT2D eigenvalue weighted by atomic mass is 16.6. The molecular formula is C18H24O4. The molecule has 3 rings (SSSR count). The van der Waals surface area contributed by atoms with Gasteiger partial charge in [0.25, 0.3) is 0 Å². The van der Waals surface area contributed by atoms with E-state index in [4.69, 9.17) is 14.2 Å². The summed E-state index contributed by atoms with van der Waals surface area (Å²) in [4.78, 5) is 12.6. The van der Waals surface area contributed by atoms with Crippen molar-refractivity contribution in [3.05, 3.63) is 23.8 Å². The summed E-state index contributed by atoms with van der Waals surface area (Å²) in [6.07, 6.45) is 5.62. The summed E-state index contributed by atoms with van der Waals surface area (Å²) in [6, 6.07) is 5.70. The summed E-state index contributed by atoms with van der Waals surface area (Å²) in [5.41, 5.74) is 0.213. The average Bonchev–Trinajstić information content (AvgIpc) is 2.55. The lowest BCUT2D eigenvalue weighted by atomic mass is 9.84. The molecule has 1 saturated carbocycles. The standard InChI is InChI=1S/C18H24O4/c1-18(2,17(19)22-14-6-4-3-5-7-14)13-8-9-15-16(12-13)21-11-10-20-15/h8-9,12,14H,3-7,10-11H2,1-2H3. The van der Waals surface area contributed by atoms with Gasteiger partial charge in [0.05, 0.1) is 5.41 Å². The Hall–Kier alpha value is -1.71. The van der Waals surface area contributed by atoms with Crippen molar-refractivity contribution in [2.24, 2.45) is 0 Å². The normalized spacial score (nSPS) is 18.8. The van der Waals surface area contributed by atoms with E-state index in [1.807, 2.05) is 32.0 Å². The van der Waals surface area contributed by atoms with Crippen LogP contribution in [0.3, 0.4) is 0 Å². The molecule has 0 saturated heterocycles. The van der Waals surface area contributed by atoms with Crippen molar-refractivity contribution >= 4 is 5.97 Å². The Morgan fingerprint density at radius 2 is 1.77 bits per heavy atom. The van der Waals surface area contributed by atoms with Gasteiger partial charge in [0.15, 0.2) is 11.5 Å². The lowest BCUT2D eigenvalue weighted by molar-refractivity contribution is -0.156. The molecule has 0 amide bonds. The fourth-order valence-corrected chi connectivity index (χ4v) is 3.03. The van der Waals surface area contributed by atoms with Crippen LogP contribution >= 0.6 is 0 Å². The van der Waals surface area contributed by atoms with Gasteiger partial charge in [-0.15, -0.1) is 0 Å². The van der Waals surface area contributed by atoms with Crippen LogP contribution in [-0.2, 0) is 14.9 Å². The minimum Gasteiger partial charge on any atom is -0.486 e. The first-order chi connectivity index (χ1) is 10.6. The number of esters is 1. The predicted octanol–water partition coefficient (Wildman–Crippen LogP) is 3.61. The average molecular weight is 304 g/mol. The van der Waals surface area contributed by atoms with Crippen molar-refractivity contribution in [1.29, 1.82) is 0 Å². The maximum Gasteiger partial charge on any atom is 0.316 e. The summed E-state index contributed by atoms with van der Waals surface area (Å²) in [7, 11) is 0. The van der Waals surface area contributed by atoms with Crippen LogP contribution in [0.2, 0.25) is 0 Å². The smallest absolute Gasteiger partial charge is 0.316 e. The van der Waals surface area contributed by atoms with Crippen LogP contribution in [0, 0.1) is 0 Å². The largest absolute Gasteiger partial charge is 0.486 e. The van der Waals surface area contributed by atoms with Crippen molar-refractivity contribution < 1.29 is 19.0 Å². The second kappa shape index (κ2) is 6.19. The van der Waals surface area contributed by atoms with E-state index in [0.717, 1.165) is 37.0 Å². The van der Waals surface area contributed by atoms with Crippen molar-refractivity contribution in [3.63, 3.8) is 0 Å². The van der Waals surface area contributed by atoms with Gasteiger partial charge in [-0.1, -0.05) is 12.5 Å². The molecule has 1 aromatic carbocycles. The number of benzene rings is 1. The number of carbonyl (C=O) groups is 1. The van der Waals surface area contributed by atoms with E-state index in [2.05, 4.69) is 0 Å². The molecule has 22 heavy (non-hydrogen) atoms. The van der Waals surface area contributed by atoms with Gasteiger partial charge < -0.3 is 14.2 Å². The second-order valence-electron chi connectivity index (χ2n) is 6.65. The molecule has 1 heterocycles. The summed E-state index contributed by atoms with van der Waals surface area (Å²) in [5.74, 6) is 1.30. The molecule has 0 unspecified atom stereocenters. The molecule has 2 aliphatic rings. The molecule has 4 heteroatoms. The fraction of sp³-hybridized carbons (Fsp3) is 0.611. The van der Waals surface area contributed by atoms with Crippen molar-refractivity contribution in [3.8, 4) is 11.5 Å². The minimum absolute atomic E-state index is 0.0812. The summed E-state index contributed by atoms with van der Waals surface area (Å²) >= 11 is 0. The Balaban J connectivity index is 1.74. The predicted molar refractivity (Wildman–Crippen MR) is 83.4 cm³/mol. The molecule has 0 atom stereocenters. The third kappa shape index (κ3) is 3.06. The number of hydrogen-bond donors (Lipinski definition) is 0. The first kappa shape index (κ1) is 15.2. The Labute approximate surface area is 131 Å². The first-order valence-corrected chi connectivity index (χ1v) is 8.18. The van der Waals surface area contributed by atoms with Gasteiger partial charge in [0, 0.05) is 0 Å². The molecule has 1 aromatic rings. The molecule has 0 spiro atoms. The van der Waals surface area contributed by atoms with E-state index in [0.29, 0.717) is 19.0 Å². The molecule has 4 nitrogen and oxygen atoms in total. The zero-order chi connectivity index (χ0) is 15.6. The van der Waals surface area contributed by atoms with Gasteiger partial charge in [-0.2, -0.15) is 0 Å². The van der Waals surface area contributed by atoms with Gasteiger partial charge in [-0.25, -0.2) is 0 Å². The van der Waals surface area contributed by atoms with Crippen LogP contribution in [0.25, 0.3) is 0 Å². The molecular weight excluding hydrogens is 280 g/mol. The van der Waals surface area contributed by atoms with Gasteiger partial charge in [0.2, 0.25) is 0 Å². The van der Waals surface area contributed by atoms with Crippen LogP contribution < -0.4 is 9.47 Å². The Bertz CT molecular complexity index is 544. The number of carbonyl (C=O) groups excluding carboxylic acids is 1. The fourth-order valence-electron chi connectivity index (χ4n) is 3.03.